The van der Waals surface area contributed by atoms with Gasteiger partial charge in [-0.05, 0) is 12.1 Å². The molecule has 2 heterocycles. The fourth-order valence-electron chi connectivity index (χ4n) is 2.79. The van der Waals surface area contributed by atoms with Crippen molar-refractivity contribution in [2.75, 3.05) is 56.2 Å². The van der Waals surface area contributed by atoms with Crippen LogP contribution in [0.1, 0.15) is 0 Å². The number of likely N-dealkylation sites (N-methyl/N-ethyl adjacent to an activating group) is 1. The number of rotatable bonds is 3. The third-order valence-corrected chi connectivity index (χ3v) is 3.94. The fraction of sp³-hybridized carbons (Fsp3) is 0.467. The number of carbonyl (C=O) groups excluding carboxylic acids is 2. The van der Waals surface area contributed by atoms with Crippen LogP contribution >= 0.6 is 0 Å². The molecule has 1 fully saturated rings. The zero-order chi connectivity index (χ0) is 15.5. The van der Waals surface area contributed by atoms with Crippen LogP contribution in [0.25, 0.3) is 0 Å². The van der Waals surface area contributed by atoms with Crippen molar-refractivity contribution in [2.24, 2.45) is 0 Å². The summed E-state index contributed by atoms with van der Waals surface area (Å²) in [5.41, 5.74) is 1.64. The summed E-state index contributed by atoms with van der Waals surface area (Å²) in [5.74, 6) is 0.259. The predicted octanol–water partition coefficient (Wildman–Crippen LogP) is -0.432. The van der Waals surface area contributed by atoms with Gasteiger partial charge in [0.1, 0.15) is 18.0 Å². The number of ether oxygens (including phenoxy) is 1. The summed E-state index contributed by atoms with van der Waals surface area (Å²) in [7, 11) is 1.57. The van der Waals surface area contributed by atoms with Gasteiger partial charge in [-0.2, -0.15) is 0 Å². The Labute approximate surface area is 129 Å². The summed E-state index contributed by atoms with van der Waals surface area (Å²) in [6, 6.07) is 5.73. The molecule has 1 aromatic carbocycles. The number of hydrogen-bond donors (Lipinski definition) is 2. The molecule has 2 N–H and O–H groups in total. The molecular formula is C15H20N4O3. The minimum absolute atomic E-state index is 0.00873. The molecule has 0 radical (unpaired) electrons. The van der Waals surface area contributed by atoms with Crippen molar-refractivity contribution in [3.05, 3.63) is 18.2 Å². The first-order valence-electron chi connectivity index (χ1n) is 7.43. The Morgan fingerprint density at radius 2 is 2.14 bits per heavy atom. The molecule has 22 heavy (non-hydrogen) atoms. The number of carbonyl (C=O) groups is 2. The second-order valence-corrected chi connectivity index (χ2v) is 5.30. The summed E-state index contributed by atoms with van der Waals surface area (Å²) in [4.78, 5) is 27.7. The van der Waals surface area contributed by atoms with Gasteiger partial charge in [0.05, 0.1) is 5.69 Å². The van der Waals surface area contributed by atoms with Crippen molar-refractivity contribution < 1.29 is 14.3 Å². The van der Waals surface area contributed by atoms with Crippen LogP contribution in [0.5, 0.6) is 5.75 Å². The number of piperazine rings is 1. The van der Waals surface area contributed by atoms with Crippen molar-refractivity contribution >= 4 is 23.2 Å². The van der Waals surface area contributed by atoms with Gasteiger partial charge in [-0.15, -0.1) is 0 Å². The van der Waals surface area contributed by atoms with Gasteiger partial charge in [-0.1, -0.05) is 6.07 Å². The van der Waals surface area contributed by atoms with Crippen LogP contribution in [0, 0.1) is 0 Å². The molecule has 0 aromatic heterocycles. The molecule has 0 aliphatic carbocycles. The first-order chi connectivity index (χ1) is 10.7. The average molecular weight is 304 g/mol. The summed E-state index contributed by atoms with van der Waals surface area (Å²) < 4.78 is 5.55. The maximum atomic E-state index is 12.2. The Bertz CT molecular complexity index is 584. The van der Waals surface area contributed by atoms with Gasteiger partial charge in [0.15, 0.2) is 6.61 Å². The number of hydrogen-bond acceptors (Lipinski definition) is 5. The standard InChI is InChI=1S/C15H20N4O3/c1-16-13(20)9-19-14(21)10-22-12-4-2-3-11(15(12)19)18-7-5-17-6-8-18/h2-4,17H,5-10H2,1H3,(H,16,20). The van der Waals surface area contributed by atoms with Crippen LogP contribution in [0.4, 0.5) is 11.4 Å². The maximum Gasteiger partial charge on any atom is 0.265 e. The number of anilines is 2. The van der Waals surface area contributed by atoms with E-state index in [1.165, 1.54) is 4.90 Å². The molecule has 1 aromatic rings. The van der Waals surface area contributed by atoms with Crippen LogP contribution in [-0.2, 0) is 9.59 Å². The SMILES string of the molecule is CNC(=O)CN1C(=O)COc2cccc(N3CCNCC3)c21. The minimum Gasteiger partial charge on any atom is -0.481 e. The minimum atomic E-state index is -0.198. The van der Waals surface area contributed by atoms with Crippen LogP contribution < -0.4 is 25.2 Å². The molecular weight excluding hydrogens is 284 g/mol. The molecule has 2 aliphatic rings. The van der Waals surface area contributed by atoms with E-state index in [1.807, 2.05) is 18.2 Å². The van der Waals surface area contributed by atoms with Crippen molar-refractivity contribution in [2.45, 2.75) is 0 Å². The lowest BCUT2D eigenvalue weighted by atomic mass is 10.1. The number of fused-ring (bicyclic) bond motifs is 1. The second kappa shape index (κ2) is 6.23. The van der Waals surface area contributed by atoms with Gasteiger partial charge in [-0.25, -0.2) is 0 Å². The van der Waals surface area contributed by atoms with Crippen LogP contribution in [0.2, 0.25) is 0 Å². The van der Waals surface area contributed by atoms with E-state index in [4.69, 9.17) is 4.74 Å². The summed E-state index contributed by atoms with van der Waals surface area (Å²) in [6.07, 6.45) is 0. The Hall–Kier alpha value is -2.28. The highest BCUT2D eigenvalue weighted by atomic mass is 16.5. The number of nitrogens with zero attached hydrogens (tertiary/aromatic N) is 2. The predicted molar refractivity (Wildman–Crippen MR) is 83.4 cm³/mol. The van der Waals surface area contributed by atoms with E-state index in [0.717, 1.165) is 31.9 Å². The number of benzene rings is 1. The lowest BCUT2D eigenvalue weighted by molar-refractivity contribution is -0.125. The summed E-state index contributed by atoms with van der Waals surface area (Å²) in [5, 5.41) is 5.87. The molecule has 0 spiro atoms. The van der Waals surface area contributed by atoms with E-state index in [9.17, 15) is 9.59 Å². The van der Waals surface area contributed by atoms with E-state index in [0.29, 0.717) is 11.4 Å². The second-order valence-electron chi connectivity index (χ2n) is 5.30. The van der Waals surface area contributed by atoms with E-state index < -0.39 is 0 Å². The first-order valence-corrected chi connectivity index (χ1v) is 7.43. The van der Waals surface area contributed by atoms with Gasteiger partial charge in [0.2, 0.25) is 5.91 Å². The Kier molecular flexibility index (Phi) is 4.15. The summed E-state index contributed by atoms with van der Waals surface area (Å²) >= 11 is 0. The third-order valence-electron chi connectivity index (χ3n) is 3.94. The van der Waals surface area contributed by atoms with Crippen molar-refractivity contribution in [1.82, 2.24) is 10.6 Å². The normalized spacial score (nSPS) is 17.8. The monoisotopic (exact) mass is 304 g/mol. The topological polar surface area (TPSA) is 73.9 Å². The molecule has 7 heteroatoms. The molecule has 3 rings (SSSR count). The van der Waals surface area contributed by atoms with Gasteiger partial charge in [-0.3, -0.25) is 14.5 Å². The molecule has 1 saturated heterocycles. The molecule has 7 nitrogen and oxygen atoms in total. The van der Waals surface area contributed by atoms with Crippen LogP contribution in [-0.4, -0.2) is 58.2 Å². The van der Waals surface area contributed by atoms with Gasteiger partial charge in [0.25, 0.3) is 5.91 Å². The largest absolute Gasteiger partial charge is 0.481 e. The lowest BCUT2D eigenvalue weighted by Crippen LogP contribution is -2.47. The summed E-state index contributed by atoms with van der Waals surface area (Å²) in [6.45, 7) is 3.49. The highest BCUT2D eigenvalue weighted by molar-refractivity contribution is 6.05. The van der Waals surface area contributed by atoms with E-state index in [1.54, 1.807) is 7.05 Å². The highest BCUT2D eigenvalue weighted by Gasteiger charge is 2.31. The van der Waals surface area contributed by atoms with Gasteiger partial charge in [0, 0.05) is 33.2 Å². The Morgan fingerprint density at radius 3 is 2.86 bits per heavy atom. The molecule has 2 amide bonds. The number of para-hydroxylation sites is 1. The zero-order valence-electron chi connectivity index (χ0n) is 12.6. The Balaban J connectivity index is 1.99. The van der Waals surface area contributed by atoms with E-state index >= 15 is 0 Å². The van der Waals surface area contributed by atoms with Crippen molar-refractivity contribution in [3.63, 3.8) is 0 Å². The highest BCUT2D eigenvalue weighted by Crippen LogP contribution is 2.40. The van der Waals surface area contributed by atoms with Crippen LogP contribution in [0.15, 0.2) is 18.2 Å². The first kappa shape index (κ1) is 14.6. The smallest absolute Gasteiger partial charge is 0.265 e. The quantitative estimate of drug-likeness (QED) is 0.792. The van der Waals surface area contributed by atoms with Crippen molar-refractivity contribution in [1.29, 1.82) is 0 Å². The number of nitrogens with one attached hydrogen (secondary N) is 2. The third kappa shape index (κ3) is 2.71. The molecule has 0 bridgehead atoms. The zero-order valence-corrected chi connectivity index (χ0v) is 12.6. The maximum absolute atomic E-state index is 12.2. The molecule has 0 saturated carbocycles. The van der Waals surface area contributed by atoms with E-state index in [2.05, 4.69) is 15.5 Å². The van der Waals surface area contributed by atoms with E-state index in [-0.39, 0.29) is 25.0 Å². The molecule has 118 valence electrons. The van der Waals surface area contributed by atoms with Crippen LogP contribution in [0.3, 0.4) is 0 Å². The molecule has 0 atom stereocenters. The Morgan fingerprint density at radius 1 is 1.36 bits per heavy atom. The fourth-order valence-corrected chi connectivity index (χ4v) is 2.79. The molecule has 0 unspecified atom stereocenters. The molecule has 2 aliphatic heterocycles. The van der Waals surface area contributed by atoms with Crippen molar-refractivity contribution in [3.8, 4) is 5.75 Å². The number of amides is 2. The average Bonchev–Trinajstić information content (AvgIpc) is 2.57. The van der Waals surface area contributed by atoms with Gasteiger partial charge >= 0.3 is 0 Å². The van der Waals surface area contributed by atoms with Gasteiger partial charge < -0.3 is 20.3 Å². The lowest BCUT2D eigenvalue weighted by Gasteiger charge is -2.36.